The van der Waals surface area contributed by atoms with Crippen LogP contribution in [0.5, 0.6) is 5.75 Å². The lowest BCUT2D eigenvalue weighted by atomic mass is 10.2. The summed E-state index contributed by atoms with van der Waals surface area (Å²) in [7, 11) is 6.08. The second-order valence-corrected chi connectivity index (χ2v) is 8.10. The van der Waals surface area contributed by atoms with Crippen LogP contribution in [0.2, 0.25) is 0 Å². The van der Waals surface area contributed by atoms with Gasteiger partial charge in [0.05, 0.1) is 5.52 Å². The molecule has 33 heavy (non-hydrogen) atoms. The molecule has 2 aromatic carbocycles. The molecular weight excluding hydrogens is 426 g/mol. The molecule has 8 heteroatoms. The maximum Gasteiger partial charge on any atom is 0.394 e. The number of aromatic nitrogens is 1. The van der Waals surface area contributed by atoms with E-state index in [-0.39, 0.29) is 11.7 Å². The molecule has 3 aromatic rings. The fourth-order valence-corrected chi connectivity index (χ4v) is 3.08. The Hall–Kier alpha value is -3.52. The first-order valence-electron chi connectivity index (χ1n) is 10.5. The highest BCUT2D eigenvalue weighted by atomic mass is 19.3. The standard InChI is InChI=1S/C25H28F2N4O2/c1-25(26,27)33-21-10-5-18(6-11-21)7-14-24(32)28-20-9-12-22-19(17-20)8-13-23(29-22)31(4)16-15-30(2)3/h5-14,17H,15-16H2,1-4H3,(H,28,32)/b14-7+. The molecule has 0 bridgehead atoms. The number of carbonyl (C=O) groups is 1. The highest BCUT2D eigenvalue weighted by molar-refractivity contribution is 6.03. The van der Waals surface area contributed by atoms with E-state index in [0.717, 1.165) is 29.8 Å². The number of ether oxygens (including phenoxy) is 1. The van der Waals surface area contributed by atoms with E-state index in [1.165, 1.54) is 18.2 Å². The third kappa shape index (κ3) is 7.54. The lowest BCUT2D eigenvalue weighted by Crippen LogP contribution is -2.28. The summed E-state index contributed by atoms with van der Waals surface area (Å²) < 4.78 is 30.3. The second-order valence-electron chi connectivity index (χ2n) is 8.10. The molecule has 0 aliphatic carbocycles. The van der Waals surface area contributed by atoms with Crippen molar-refractivity contribution in [1.82, 2.24) is 9.88 Å². The largest absolute Gasteiger partial charge is 0.433 e. The Labute approximate surface area is 192 Å². The Morgan fingerprint density at radius 1 is 1.06 bits per heavy atom. The molecule has 0 saturated carbocycles. The van der Waals surface area contributed by atoms with E-state index < -0.39 is 6.11 Å². The SMILES string of the molecule is CN(C)CCN(C)c1ccc2cc(NC(=O)/C=C/c3ccc(OC(C)(F)F)cc3)ccc2n1. The molecule has 3 rings (SSSR count). The normalized spacial score (nSPS) is 11.8. The van der Waals surface area contributed by atoms with Crippen molar-refractivity contribution < 1.29 is 18.3 Å². The number of benzene rings is 2. The Kier molecular flexibility index (Phi) is 7.60. The monoisotopic (exact) mass is 454 g/mol. The molecule has 0 fully saturated rings. The fraction of sp³-hybridized carbons (Fsp3) is 0.280. The molecule has 0 radical (unpaired) electrons. The van der Waals surface area contributed by atoms with Gasteiger partial charge in [-0.25, -0.2) is 4.98 Å². The van der Waals surface area contributed by atoms with Crippen LogP contribution >= 0.6 is 0 Å². The Morgan fingerprint density at radius 2 is 1.79 bits per heavy atom. The minimum absolute atomic E-state index is 0.0564. The van der Waals surface area contributed by atoms with Gasteiger partial charge in [-0.15, -0.1) is 0 Å². The number of nitrogens with one attached hydrogen (secondary N) is 1. The van der Waals surface area contributed by atoms with Crippen LogP contribution in [-0.2, 0) is 4.79 Å². The van der Waals surface area contributed by atoms with Gasteiger partial charge < -0.3 is 19.9 Å². The van der Waals surface area contributed by atoms with Crippen LogP contribution in [0.3, 0.4) is 0 Å². The Morgan fingerprint density at radius 3 is 2.45 bits per heavy atom. The van der Waals surface area contributed by atoms with Crippen molar-refractivity contribution in [3.63, 3.8) is 0 Å². The van der Waals surface area contributed by atoms with Crippen molar-refractivity contribution in [3.8, 4) is 5.75 Å². The summed E-state index contributed by atoms with van der Waals surface area (Å²) in [6, 6.07) is 15.6. The van der Waals surface area contributed by atoms with E-state index in [1.54, 1.807) is 18.2 Å². The zero-order valence-electron chi connectivity index (χ0n) is 19.2. The molecule has 6 nitrogen and oxygen atoms in total. The summed E-state index contributed by atoms with van der Waals surface area (Å²) in [4.78, 5) is 21.2. The number of halogens is 2. The highest BCUT2D eigenvalue weighted by Gasteiger charge is 2.22. The van der Waals surface area contributed by atoms with Crippen molar-refractivity contribution >= 4 is 34.4 Å². The van der Waals surface area contributed by atoms with Crippen LogP contribution in [0.1, 0.15) is 12.5 Å². The lowest BCUT2D eigenvalue weighted by molar-refractivity contribution is -0.158. The maximum atomic E-state index is 12.9. The summed E-state index contributed by atoms with van der Waals surface area (Å²) in [6.07, 6.45) is -0.257. The Bertz CT molecular complexity index is 1130. The number of hydrogen-bond acceptors (Lipinski definition) is 5. The highest BCUT2D eigenvalue weighted by Crippen LogP contribution is 2.23. The molecular formula is C25H28F2N4O2. The van der Waals surface area contributed by atoms with Crippen molar-refractivity contribution in [2.45, 2.75) is 13.0 Å². The summed E-state index contributed by atoms with van der Waals surface area (Å²) >= 11 is 0. The number of amides is 1. The molecule has 0 saturated heterocycles. The number of carbonyl (C=O) groups excluding carboxylic acids is 1. The predicted molar refractivity (Wildman–Crippen MR) is 129 cm³/mol. The van der Waals surface area contributed by atoms with Gasteiger partial charge in [0.25, 0.3) is 0 Å². The third-order valence-corrected chi connectivity index (χ3v) is 4.82. The van der Waals surface area contributed by atoms with Crippen molar-refractivity contribution in [1.29, 1.82) is 0 Å². The number of hydrogen-bond donors (Lipinski definition) is 1. The first kappa shape index (κ1) is 24.1. The molecule has 174 valence electrons. The summed E-state index contributed by atoms with van der Waals surface area (Å²) in [5.74, 6) is 0.645. The van der Waals surface area contributed by atoms with Crippen LogP contribution in [0, 0.1) is 0 Å². The van der Waals surface area contributed by atoms with E-state index in [4.69, 9.17) is 4.98 Å². The van der Waals surface area contributed by atoms with Crippen LogP contribution in [-0.4, -0.2) is 56.1 Å². The lowest BCUT2D eigenvalue weighted by Gasteiger charge is -2.20. The van der Waals surface area contributed by atoms with Gasteiger partial charge in [0.2, 0.25) is 5.91 Å². The summed E-state index contributed by atoms with van der Waals surface area (Å²) in [6.45, 7) is 2.48. The molecule has 1 amide bonds. The van der Waals surface area contributed by atoms with Gasteiger partial charge in [0.1, 0.15) is 11.6 Å². The Balaban J connectivity index is 1.61. The number of anilines is 2. The van der Waals surface area contributed by atoms with Gasteiger partial charge in [-0.3, -0.25) is 4.79 Å². The van der Waals surface area contributed by atoms with Crippen LogP contribution in [0.15, 0.2) is 60.7 Å². The third-order valence-electron chi connectivity index (χ3n) is 4.82. The van der Waals surface area contributed by atoms with E-state index >= 15 is 0 Å². The molecule has 0 aliphatic heterocycles. The quantitative estimate of drug-likeness (QED) is 0.467. The smallest absolute Gasteiger partial charge is 0.394 e. The molecule has 0 aliphatic rings. The van der Waals surface area contributed by atoms with Gasteiger partial charge in [-0.1, -0.05) is 12.1 Å². The van der Waals surface area contributed by atoms with E-state index in [0.29, 0.717) is 18.2 Å². The number of rotatable bonds is 9. The summed E-state index contributed by atoms with van der Waals surface area (Å²) in [5.41, 5.74) is 2.19. The summed E-state index contributed by atoms with van der Waals surface area (Å²) in [5, 5.41) is 3.74. The topological polar surface area (TPSA) is 57.7 Å². The van der Waals surface area contributed by atoms with Crippen LogP contribution in [0.25, 0.3) is 17.0 Å². The molecule has 0 spiro atoms. The van der Waals surface area contributed by atoms with Gasteiger partial charge in [-0.2, -0.15) is 8.78 Å². The molecule has 1 heterocycles. The molecule has 0 unspecified atom stereocenters. The van der Waals surface area contributed by atoms with Crippen molar-refractivity contribution in [2.75, 3.05) is 44.4 Å². The number of alkyl halides is 2. The first-order chi connectivity index (χ1) is 15.6. The molecule has 0 atom stereocenters. The molecule has 1 aromatic heterocycles. The van der Waals surface area contributed by atoms with Gasteiger partial charge >= 0.3 is 6.11 Å². The van der Waals surface area contributed by atoms with Crippen LogP contribution in [0.4, 0.5) is 20.3 Å². The number of pyridine rings is 1. The second kappa shape index (κ2) is 10.4. The average Bonchev–Trinajstić information content (AvgIpc) is 2.75. The van der Waals surface area contributed by atoms with Crippen LogP contribution < -0.4 is 15.0 Å². The van der Waals surface area contributed by atoms with Gasteiger partial charge in [-0.05, 0) is 68.2 Å². The van der Waals surface area contributed by atoms with E-state index in [1.807, 2.05) is 51.5 Å². The van der Waals surface area contributed by atoms with Gasteiger partial charge in [0.15, 0.2) is 0 Å². The zero-order valence-corrected chi connectivity index (χ0v) is 19.2. The zero-order chi connectivity index (χ0) is 24.0. The van der Waals surface area contributed by atoms with Gasteiger partial charge in [0, 0.05) is 44.2 Å². The van der Waals surface area contributed by atoms with E-state index in [2.05, 4.69) is 19.9 Å². The van der Waals surface area contributed by atoms with Crippen molar-refractivity contribution in [2.24, 2.45) is 0 Å². The first-order valence-corrected chi connectivity index (χ1v) is 10.5. The number of nitrogens with zero attached hydrogens (tertiary/aromatic N) is 3. The number of likely N-dealkylation sites (N-methyl/N-ethyl adjacent to an activating group) is 2. The number of fused-ring (bicyclic) bond motifs is 1. The maximum absolute atomic E-state index is 12.9. The van der Waals surface area contributed by atoms with E-state index in [9.17, 15) is 13.6 Å². The average molecular weight is 455 g/mol. The fourth-order valence-electron chi connectivity index (χ4n) is 3.08. The van der Waals surface area contributed by atoms with Crippen molar-refractivity contribution in [3.05, 3.63) is 66.2 Å². The minimum atomic E-state index is -3.24. The molecule has 1 N–H and O–H groups in total. The predicted octanol–water partition coefficient (Wildman–Crippen LogP) is 4.88. The minimum Gasteiger partial charge on any atom is -0.433 e.